The number of nitrogens with zero attached hydrogens (tertiary/aromatic N) is 4. The first-order valence-corrected chi connectivity index (χ1v) is 12.3. The van der Waals surface area contributed by atoms with Gasteiger partial charge in [0.2, 0.25) is 0 Å². The number of pyridine rings is 2. The molecule has 5 nitrogen and oxygen atoms in total. The third-order valence-electron chi connectivity index (χ3n) is 4.52. The molecule has 0 saturated carbocycles. The summed E-state index contributed by atoms with van der Waals surface area (Å²) in [7, 11) is 0. The second-order valence-electron chi connectivity index (χ2n) is 6.86. The largest absolute Gasteiger partial charge is 0.363 e. The lowest BCUT2D eigenvalue weighted by molar-refractivity contribution is 0.954. The number of nitrogens with one attached hydrogen (secondary N) is 1. The molecule has 0 unspecified atom stereocenters. The Morgan fingerprint density at radius 2 is 1.80 bits per heavy atom. The molecule has 0 aliphatic carbocycles. The Balaban J connectivity index is 1.47. The second kappa shape index (κ2) is 11.5. The molecule has 0 aromatic carbocycles. The van der Waals surface area contributed by atoms with Gasteiger partial charge in [-0.15, -0.1) is 11.8 Å². The van der Waals surface area contributed by atoms with Gasteiger partial charge < -0.3 is 5.32 Å². The molecular weight excluding hydrogens is 434 g/mol. The van der Waals surface area contributed by atoms with E-state index in [2.05, 4.69) is 50.4 Å². The monoisotopic (exact) mass is 459 g/mol. The van der Waals surface area contributed by atoms with Crippen molar-refractivity contribution in [1.82, 2.24) is 19.9 Å². The Hall–Kier alpha value is -1.83. The number of aryl methyl sites for hydroxylation is 2. The van der Waals surface area contributed by atoms with Crippen LogP contribution in [0, 0.1) is 20.8 Å². The van der Waals surface area contributed by atoms with E-state index in [-0.39, 0.29) is 0 Å². The van der Waals surface area contributed by atoms with Gasteiger partial charge in [-0.1, -0.05) is 11.6 Å². The molecule has 0 bridgehead atoms. The third-order valence-corrected chi connectivity index (χ3v) is 7.33. The van der Waals surface area contributed by atoms with E-state index in [1.807, 2.05) is 56.0 Å². The lowest BCUT2D eigenvalue weighted by atomic mass is 10.2. The van der Waals surface area contributed by atoms with Gasteiger partial charge in [0.05, 0.1) is 17.9 Å². The molecule has 3 aromatic heterocycles. The summed E-state index contributed by atoms with van der Waals surface area (Å²) >= 11 is 10.2. The highest BCUT2D eigenvalue weighted by atomic mass is 35.5. The quantitative estimate of drug-likeness (QED) is 0.300. The number of halogens is 1. The summed E-state index contributed by atoms with van der Waals surface area (Å²) in [5, 5.41) is 3.88. The van der Waals surface area contributed by atoms with Gasteiger partial charge in [0.15, 0.2) is 0 Å². The van der Waals surface area contributed by atoms with Crippen molar-refractivity contribution in [2.45, 2.75) is 44.4 Å². The maximum atomic E-state index is 6.33. The molecule has 0 aliphatic rings. The van der Waals surface area contributed by atoms with Gasteiger partial charge in [0, 0.05) is 29.2 Å². The number of thioether (sulfide) groups is 2. The first-order chi connectivity index (χ1) is 14.5. The van der Waals surface area contributed by atoms with Crippen LogP contribution in [0.2, 0.25) is 5.02 Å². The molecule has 8 heteroatoms. The average Bonchev–Trinajstić information content (AvgIpc) is 2.74. The summed E-state index contributed by atoms with van der Waals surface area (Å²) in [6, 6.07) is 6.25. The fraction of sp³-hybridized carbons (Fsp3) is 0.364. The fourth-order valence-corrected chi connectivity index (χ4v) is 5.14. The predicted molar refractivity (Wildman–Crippen MR) is 129 cm³/mol. The summed E-state index contributed by atoms with van der Waals surface area (Å²) in [5.41, 5.74) is 4.33. The molecular formula is C22H26ClN5S2. The zero-order valence-corrected chi connectivity index (χ0v) is 19.9. The second-order valence-corrected chi connectivity index (χ2v) is 9.48. The molecule has 3 heterocycles. The van der Waals surface area contributed by atoms with Gasteiger partial charge in [-0.05, 0) is 68.0 Å². The van der Waals surface area contributed by atoms with Gasteiger partial charge >= 0.3 is 0 Å². The Morgan fingerprint density at radius 1 is 1.00 bits per heavy atom. The van der Waals surface area contributed by atoms with Crippen molar-refractivity contribution >= 4 is 40.9 Å². The van der Waals surface area contributed by atoms with Crippen LogP contribution in [0.15, 0.2) is 41.7 Å². The van der Waals surface area contributed by atoms with E-state index >= 15 is 0 Å². The molecule has 0 fully saturated rings. The minimum atomic E-state index is 0.563. The van der Waals surface area contributed by atoms with E-state index in [1.165, 1.54) is 22.4 Å². The normalized spacial score (nSPS) is 10.9. The lowest BCUT2D eigenvalue weighted by Crippen LogP contribution is -2.08. The van der Waals surface area contributed by atoms with Crippen LogP contribution in [0.3, 0.4) is 0 Å². The molecule has 0 aliphatic heterocycles. The van der Waals surface area contributed by atoms with Gasteiger partial charge in [-0.25, -0.2) is 9.97 Å². The highest BCUT2D eigenvalue weighted by Crippen LogP contribution is 2.27. The molecule has 158 valence electrons. The molecule has 1 N–H and O–H groups in total. The van der Waals surface area contributed by atoms with E-state index in [0.717, 1.165) is 28.6 Å². The zero-order valence-electron chi connectivity index (χ0n) is 17.5. The smallest absolute Gasteiger partial charge is 0.149 e. The standard InChI is InChI=1S/C22H26ClN5S2/c1-15-19(13-26-22-21(23)16(2)27-17(3)28-22)25-10-7-20(15)30-12-4-11-29-14-18-5-8-24-9-6-18/h5-10H,4,11-14H2,1-3H3,(H,26,27,28). The van der Waals surface area contributed by atoms with Crippen molar-refractivity contribution in [2.24, 2.45) is 0 Å². The Kier molecular flexibility index (Phi) is 8.78. The molecule has 0 radical (unpaired) electrons. The SMILES string of the molecule is Cc1nc(C)c(Cl)c(NCc2nccc(SCCCSCc3ccncc3)c2C)n1. The highest BCUT2D eigenvalue weighted by molar-refractivity contribution is 7.99. The third kappa shape index (κ3) is 6.59. The Labute approximate surface area is 191 Å². The first-order valence-electron chi connectivity index (χ1n) is 9.83. The first kappa shape index (κ1) is 22.8. The van der Waals surface area contributed by atoms with E-state index in [4.69, 9.17) is 11.6 Å². The van der Waals surface area contributed by atoms with Crippen LogP contribution in [0.4, 0.5) is 5.82 Å². The van der Waals surface area contributed by atoms with Crippen molar-refractivity contribution in [1.29, 1.82) is 0 Å². The summed E-state index contributed by atoms with van der Waals surface area (Å²) in [6.07, 6.45) is 6.75. The van der Waals surface area contributed by atoms with Crippen LogP contribution >= 0.6 is 35.1 Å². The van der Waals surface area contributed by atoms with Crippen LogP contribution in [0.1, 0.15) is 34.8 Å². The molecule has 0 spiro atoms. The summed E-state index contributed by atoms with van der Waals surface area (Å²) in [4.78, 5) is 18.6. The zero-order chi connectivity index (χ0) is 21.3. The van der Waals surface area contributed by atoms with Gasteiger partial charge in [0.1, 0.15) is 16.7 Å². The molecule has 3 rings (SSSR count). The summed E-state index contributed by atoms with van der Waals surface area (Å²) < 4.78 is 0. The highest BCUT2D eigenvalue weighted by Gasteiger charge is 2.10. The average molecular weight is 460 g/mol. The lowest BCUT2D eigenvalue weighted by Gasteiger charge is -2.13. The number of aromatic nitrogens is 4. The van der Waals surface area contributed by atoms with Gasteiger partial charge in [-0.3, -0.25) is 9.97 Å². The van der Waals surface area contributed by atoms with Crippen LogP contribution < -0.4 is 5.32 Å². The molecule has 0 saturated heterocycles. The molecule has 3 aromatic rings. The Morgan fingerprint density at radius 3 is 2.60 bits per heavy atom. The van der Waals surface area contributed by atoms with E-state index in [0.29, 0.717) is 23.2 Å². The predicted octanol–water partition coefficient (Wildman–Crippen LogP) is 5.87. The minimum absolute atomic E-state index is 0.563. The molecule has 30 heavy (non-hydrogen) atoms. The molecule has 0 atom stereocenters. The van der Waals surface area contributed by atoms with Crippen LogP contribution in [0.5, 0.6) is 0 Å². The Bertz CT molecular complexity index is 969. The van der Waals surface area contributed by atoms with Crippen LogP contribution in [0.25, 0.3) is 0 Å². The van der Waals surface area contributed by atoms with E-state index < -0.39 is 0 Å². The van der Waals surface area contributed by atoms with Crippen LogP contribution in [-0.4, -0.2) is 31.4 Å². The fourth-order valence-electron chi connectivity index (χ4n) is 2.89. The van der Waals surface area contributed by atoms with Crippen molar-refractivity contribution in [3.05, 3.63) is 70.2 Å². The number of anilines is 1. The maximum Gasteiger partial charge on any atom is 0.149 e. The van der Waals surface area contributed by atoms with E-state index in [1.54, 1.807) is 0 Å². The van der Waals surface area contributed by atoms with Gasteiger partial charge in [0.25, 0.3) is 0 Å². The maximum absolute atomic E-state index is 6.33. The van der Waals surface area contributed by atoms with Crippen molar-refractivity contribution < 1.29 is 0 Å². The summed E-state index contributed by atoms with van der Waals surface area (Å²) in [6.45, 7) is 6.46. The molecule has 0 amide bonds. The minimum Gasteiger partial charge on any atom is -0.363 e. The van der Waals surface area contributed by atoms with Crippen molar-refractivity contribution in [2.75, 3.05) is 16.8 Å². The number of hydrogen-bond donors (Lipinski definition) is 1. The number of hydrogen-bond acceptors (Lipinski definition) is 7. The number of rotatable bonds is 10. The van der Waals surface area contributed by atoms with Crippen molar-refractivity contribution in [3.8, 4) is 0 Å². The van der Waals surface area contributed by atoms with E-state index in [9.17, 15) is 0 Å². The van der Waals surface area contributed by atoms with Gasteiger partial charge in [-0.2, -0.15) is 11.8 Å². The van der Waals surface area contributed by atoms with Crippen molar-refractivity contribution in [3.63, 3.8) is 0 Å². The summed E-state index contributed by atoms with van der Waals surface area (Å²) in [5.74, 6) is 4.65. The topological polar surface area (TPSA) is 63.6 Å². The van der Waals surface area contributed by atoms with Crippen LogP contribution in [-0.2, 0) is 12.3 Å².